The minimum absolute atomic E-state index is 0.0150. The highest BCUT2D eigenvalue weighted by Crippen LogP contribution is 2.66. The lowest BCUT2D eigenvalue weighted by atomic mass is 9.71. The highest BCUT2D eigenvalue weighted by molar-refractivity contribution is 6.30. The zero-order chi connectivity index (χ0) is 24.3. The largest absolute Gasteiger partial charge is 0.476 e. The van der Waals surface area contributed by atoms with Crippen LogP contribution in [-0.4, -0.2) is 40.8 Å². The van der Waals surface area contributed by atoms with Gasteiger partial charge in [0.25, 0.3) is 0 Å². The standard InChI is InChI=1S/C26H20ClN3O4/c1-30(2)24(32)20-21(16-6-4-3-5-7-16)26(17-10-8-15(13-28)9-11-17)25(33,23(20)31)22-19(34-26)12-18(27)14-29-22/h3-12,14,20-21,33H,1-2H3. The molecule has 5 rings (SSSR count). The molecular formula is C26H20ClN3O4. The number of aromatic nitrogens is 1. The number of ether oxygens (including phenoxy) is 1. The van der Waals surface area contributed by atoms with Gasteiger partial charge in [-0.1, -0.05) is 54.1 Å². The van der Waals surface area contributed by atoms with Crippen LogP contribution >= 0.6 is 11.6 Å². The monoisotopic (exact) mass is 473 g/mol. The smallest absolute Gasteiger partial charge is 0.233 e. The minimum atomic E-state index is -2.27. The Morgan fingerprint density at radius 1 is 1.18 bits per heavy atom. The number of halogens is 1. The summed E-state index contributed by atoms with van der Waals surface area (Å²) in [7, 11) is 3.13. The van der Waals surface area contributed by atoms with Crippen LogP contribution in [0.1, 0.15) is 28.3 Å². The number of pyridine rings is 1. The van der Waals surface area contributed by atoms with Crippen molar-refractivity contribution >= 4 is 23.3 Å². The predicted molar refractivity (Wildman–Crippen MR) is 123 cm³/mol. The van der Waals surface area contributed by atoms with Gasteiger partial charge < -0.3 is 14.7 Å². The van der Waals surface area contributed by atoms with Crippen LogP contribution in [0.2, 0.25) is 5.02 Å². The van der Waals surface area contributed by atoms with Gasteiger partial charge in [-0.05, 0) is 23.3 Å². The van der Waals surface area contributed by atoms with Crippen LogP contribution in [-0.2, 0) is 20.8 Å². The summed E-state index contributed by atoms with van der Waals surface area (Å²) < 4.78 is 6.49. The average molecular weight is 474 g/mol. The average Bonchev–Trinajstić information content (AvgIpc) is 3.21. The van der Waals surface area contributed by atoms with E-state index in [4.69, 9.17) is 16.3 Å². The summed E-state index contributed by atoms with van der Waals surface area (Å²) in [5, 5.41) is 21.9. The van der Waals surface area contributed by atoms with Gasteiger partial charge in [0.15, 0.2) is 11.4 Å². The normalized spacial score (nSPS) is 26.9. The second kappa shape index (κ2) is 7.66. The number of Topliss-reactive ketones (excluding diaryl/α,β-unsaturated/α-hetero) is 1. The highest BCUT2D eigenvalue weighted by Gasteiger charge is 2.78. The predicted octanol–water partition coefficient (Wildman–Crippen LogP) is 3.15. The summed E-state index contributed by atoms with van der Waals surface area (Å²) in [6.45, 7) is 0. The van der Waals surface area contributed by atoms with Gasteiger partial charge in [-0.3, -0.25) is 14.6 Å². The first kappa shape index (κ1) is 22.1. The number of carbonyl (C=O) groups is 2. The Balaban J connectivity index is 1.87. The van der Waals surface area contributed by atoms with Crippen molar-refractivity contribution in [2.24, 2.45) is 5.92 Å². The Hall–Kier alpha value is -3.73. The van der Waals surface area contributed by atoms with Crippen LogP contribution in [0, 0.1) is 17.2 Å². The van der Waals surface area contributed by atoms with Crippen molar-refractivity contribution in [3.05, 3.63) is 94.3 Å². The molecule has 7 nitrogen and oxygen atoms in total. The fraction of sp³-hybridized carbons (Fsp3) is 0.231. The maximum Gasteiger partial charge on any atom is 0.233 e. The first-order valence-corrected chi connectivity index (χ1v) is 11.0. The van der Waals surface area contributed by atoms with Gasteiger partial charge >= 0.3 is 0 Å². The lowest BCUT2D eigenvalue weighted by Crippen LogP contribution is -2.51. The first-order valence-electron chi connectivity index (χ1n) is 10.6. The van der Waals surface area contributed by atoms with Crippen LogP contribution in [0.15, 0.2) is 66.9 Å². The SMILES string of the molecule is CN(C)C(=O)C1C(=O)C2(O)c3ncc(Cl)cc3OC2(c2ccc(C#N)cc2)C1c1ccccc1. The third-order valence-electron chi connectivity index (χ3n) is 6.69. The summed E-state index contributed by atoms with van der Waals surface area (Å²) in [6.07, 6.45) is 1.34. The number of aliphatic hydroxyl groups is 1. The van der Waals surface area contributed by atoms with Crippen molar-refractivity contribution in [2.45, 2.75) is 17.1 Å². The Morgan fingerprint density at radius 2 is 1.85 bits per heavy atom. The number of nitrogens with zero attached hydrogens (tertiary/aromatic N) is 3. The molecule has 4 atom stereocenters. The summed E-state index contributed by atoms with van der Waals surface area (Å²) in [5.74, 6) is -3.10. The fourth-order valence-electron chi connectivity index (χ4n) is 5.25. The van der Waals surface area contributed by atoms with E-state index in [-0.39, 0.29) is 16.5 Å². The number of amides is 1. The number of ketones is 1. The van der Waals surface area contributed by atoms with Crippen LogP contribution in [0.25, 0.3) is 0 Å². The summed E-state index contributed by atoms with van der Waals surface area (Å²) in [4.78, 5) is 33.1. The number of carbonyl (C=O) groups excluding carboxylic acids is 2. The molecule has 1 aromatic heterocycles. The topological polar surface area (TPSA) is 104 Å². The lowest BCUT2D eigenvalue weighted by molar-refractivity contribution is -0.153. The molecule has 1 amide bonds. The zero-order valence-electron chi connectivity index (χ0n) is 18.4. The van der Waals surface area contributed by atoms with E-state index in [2.05, 4.69) is 11.1 Å². The number of nitriles is 1. The van der Waals surface area contributed by atoms with Gasteiger partial charge in [0.1, 0.15) is 17.4 Å². The van der Waals surface area contributed by atoms with Crippen LogP contribution in [0.5, 0.6) is 5.75 Å². The number of hydrogen-bond acceptors (Lipinski definition) is 6. The third-order valence-corrected chi connectivity index (χ3v) is 6.90. The molecular weight excluding hydrogens is 454 g/mol. The van der Waals surface area contributed by atoms with Crippen molar-refractivity contribution in [2.75, 3.05) is 14.1 Å². The van der Waals surface area contributed by atoms with Crippen LogP contribution in [0.4, 0.5) is 0 Å². The summed E-state index contributed by atoms with van der Waals surface area (Å²) >= 11 is 6.16. The van der Waals surface area contributed by atoms with E-state index in [1.54, 1.807) is 62.6 Å². The number of hydrogen-bond donors (Lipinski definition) is 1. The maximum atomic E-state index is 14.1. The van der Waals surface area contributed by atoms with Crippen molar-refractivity contribution in [1.82, 2.24) is 9.88 Å². The molecule has 4 unspecified atom stereocenters. The van der Waals surface area contributed by atoms with E-state index in [9.17, 15) is 20.0 Å². The Kier molecular flexibility index (Phi) is 4.97. The molecule has 34 heavy (non-hydrogen) atoms. The van der Waals surface area contributed by atoms with Gasteiger partial charge in [0.2, 0.25) is 11.5 Å². The number of fused-ring (bicyclic) bond motifs is 3. The van der Waals surface area contributed by atoms with Crippen LogP contribution in [0.3, 0.4) is 0 Å². The summed E-state index contributed by atoms with van der Waals surface area (Å²) in [5.41, 5.74) is -2.47. The Morgan fingerprint density at radius 3 is 2.47 bits per heavy atom. The molecule has 1 N–H and O–H groups in total. The molecule has 1 saturated carbocycles. The second-order valence-electron chi connectivity index (χ2n) is 8.70. The van der Waals surface area contributed by atoms with Crippen molar-refractivity contribution in [1.29, 1.82) is 5.26 Å². The Bertz CT molecular complexity index is 1350. The molecule has 2 heterocycles. The van der Waals surface area contributed by atoms with E-state index in [0.29, 0.717) is 16.7 Å². The fourth-order valence-corrected chi connectivity index (χ4v) is 5.40. The molecule has 2 aliphatic rings. The van der Waals surface area contributed by atoms with Gasteiger partial charge in [-0.15, -0.1) is 0 Å². The molecule has 1 fully saturated rings. The van der Waals surface area contributed by atoms with Gasteiger partial charge in [0, 0.05) is 26.4 Å². The Labute approximate surface area is 201 Å². The van der Waals surface area contributed by atoms with E-state index in [1.807, 2.05) is 6.07 Å². The second-order valence-corrected chi connectivity index (χ2v) is 9.14. The van der Waals surface area contributed by atoms with Crippen molar-refractivity contribution in [3.63, 3.8) is 0 Å². The van der Waals surface area contributed by atoms with E-state index in [1.165, 1.54) is 17.2 Å². The minimum Gasteiger partial charge on any atom is -0.476 e. The number of rotatable bonds is 3. The summed E-state index contributed by atoms with van der Waals surface area (Å²) in [6, 6.07) is 19.1. The zero-order valence-corrected chi connectivity index (χ0v) is 19.2. The molecule has 1 aliphatic heterocycles. The molecule has 3 aromatic rings. The van der Waals surface area contributed by atoms with Crippen molar-refractivity contribution < 1.29 is 19.4 Å². The quantitative estimate of drug-likeness (QED) is 0.586. The van der Waals surface area contributed by atoms with Crippen LogP contribution < -0.4 is 4.74 Å². The highest BCUT2D eigenvalue weighted by atomic mass is 35.5. The van der Waals surface area contributed by atoms with Crippen molar-refractivity contribution in [3.8, 4) is 11.8 Å². The molecule has 170 valence electrons. The van der Waals surface area contributed by atoms with Gasteiger partial charge in [-0.25, -0.2) is 0 Å². The third kappa shape index (κ3) is 2.76. The van der Waals surface area contributed by atoms with E-state index in [0.717, 1.165) is 0 Å². The molecule has 8 heteroatoms. The first-order chi connectivity index (χ1) is 16.3. The molecule has 0 spiro atoms. The van der Waals surface area contributed by atoms with Gasteiger partial charge in [-0.2, -0.15) is 5.26 Å². The van der Waals surface area contributed by atoms with Gasteiger partial charge in [0.05, 0.1) is 22.6 Å². The number of benzene rings is 2. The van der Waals surface area contributed by atoms with E-state index < -0.39 is 34.7 Å². The molecule has 1 aliphatic carbocycles. The molecule has 2 aromatic carbocycles. The molecule has 0 bridgehead atoms. The maximum absolute atomic E-state index is 14.1. The van der Waals surface area contributed by atoms with E-state index >= 15 is 0 Å². The molecule has 0 radical (unpaired) electrons. The molecule has 0 saturated heterocycles. The lowest BCUT2D eigenvalue weighted by Gasteiger charge is -2.39.